The Morgan fingerprint density at radius 1 is 1.46 bits per heavy atom. The molecule has 7 nitrogen and oxygen atoms in total. The van der Waals surface area contributed by atoms with E-state index in [1.54, 1.807) is 12.1 Å². The molecule has 0 aliphatic rings. The third kappa shape index (κ3) is 4.47. The first-order valence-corrected chi connectivity index (χ1v) is 9.25. The van der Waals surface area contributed by atoms with Crippen LogP contribution >= 0.6 is 0 Å². The van der Waals surface area contributed by atoms with Gasteiger partial charge in [-0.25, -0.2) is 18.3 Å². The summed E-state index contributed by atoms with van der Waals surface area (Å²) in [6.07, 6.45) is 1.30. The Morgan fingerprint density at radius 3 is 2.81 bits per heavy atom. The summed E-state index contributed by atoms with van der Waals surface area (Å²) in [4.78, 5) is 15.0. The molecule has 0 saturated heterocycles. The second kappa shape index (κ2) is 8.91. The van der Waals surface area contributed by atoms with Gasteiger partial charge in [-0.3, -0.25) is 4.31 Å². The average Bonchev–Trinajstić information content (AvgIpc) is 2.60. The molecule has 142 valence electrons. The van der Waals surface area contributed by atoms with Crippen molar-refractivity contribution in [3.63, 3.8) is 0 Å². The molecule has 0 fully saturated rings. The van der Waals surface area contributed by atoms with E-state index in [1.165, 1.54) is 13.1 Å². The van der Waals surface area contributed by atoms with Crippen molar-refractivity contribution in [2.45, 2.75) is 20.3 Å². The summed E-state index contributed by atoms with van der Waals surface area (Å²) >= 11 is -1.90. The summed E-state index contributed by atoms with van der Waals surface area (Å²) in [5.74, 6) is -0.593. The predicted molar refractivity (Wildman–Crippen MR) is 98.9 cm³/mol. The third-order valence-electron chi connectivity index (χ3n) is 3.66. The quantitative estimate of drug-likeness (QED) is 0.649. The van der Waals surface area contributed by atoms with Crippen molar-refractivity contribution in [2.24, 2.45) is 5.92 Å². The summed E-state index contributed by atoms with van der Waals surface area (Å²) < 4.78 is 36.0. The molecule has 0 radical (unpaired) electrons. The van der Waals surface area contributed by atoms with Gasteiger partial charge in [0.2, 0.25) is 5.88 Å². The number of ether oxygens (including phenoxy) is 1. The van der Waals surface area contributed by atoms with Gasteiger partial charge in [0.05, 0.1) is 13.2 Å². The number of halogens is 1. The van der Waals surface area contributed by atoms with E-state index in [4.69, 9.17) is 4.74 Å². The standard InChI is InChI=1S/C17H22FN3O4S/c1-11(2)6-9-25-14-5-4-12-10-13(23)17(15(18)16(12)20-14)21(7-8-22)26(24)19-3/h4-5,8,10-11,19,23H,6-7,9H2,1-3H3. The van der Waals surface area contributed by atoms with Crippen LogP contribution in [0.5, 0.6) is 11.6 Å². The van der Waals surface area contributed by atoms with Gasteiger partial charge in [-0.15, -0.1) is 0 Å². The first-order valence-electron chi connectivity index (χ1n) is 8.14. The number of carbonyl (C=O) groups is 1. The number of phenols is 1. The molecule has 2 N–H and O–H groups in total. The molecule has 1 atom stereocenters. The fourth-order valence-corrected chi connectivity index (χ4v) is 3.08. The van der Waals surface area contributed by atoms with E-state index < -0.39 is 22.7 Å². The number of hydrogen-bond acceptors (Lipinski definition) is 5. The van der Waals surface area contributed by atoms with Crippen LogP contribution in [0.25, 0.3) is 10.9 Å². The van der Waals surface area contributed by atoms with Gasteiger partial charge in [-0.1, -0.05) is 13.8 Å². The number of pyridine rings is 1. The monoisotopic (exact) mass is 383 g/mol. The second-order valence-electron chi connectivity index (χ2n) is 5.99. The Labute approximate surface area is 153 Å². The van der Waals surface area contributed by atoms with E-state index in [1.807, 2.05) is 0 Å². The van der Waals surface area contributed by atoms with Crippen molar-refractivity contribution < 1.29 is 23.2 Å². The third-order valence-corrected chi connectivity index (χ3v) is 4.74. The maximum absolute atomic E-state index is 15.0. The van der Waals surface area contributed by atoms with E-state index in [0.29, 0.717) is 24.2 Å². The zero-order valence-electron chi connectivity index (χ0n) is 14.9. The number of aromatic nitrogens is 1. The minimum atomic E-state index is -1.90. The van der Waals surface area contributed by atoms with Gasteiger partial charge in [-0.05, 0) is 31.5 Å². The van der Waals surface area contributed by atoms with Crippen LogP contribution in [-0.4, -0.2) is 40.8 Å². The van der Waals surface area contributed by atoms with E-state index in [-0.39, 0.29) is 23.6 Å². The summed E-state index contributed by atoms with van der Waals surface area (Å²) in [5, 5.41) is 10.5. The molecule has 0 aliphatic carbocycles. The smallest absolute Gasteiger partial charge is 0.213 e. The topological polar surface area (TPSA) is 91.8 Å². The second-order valence-corrected chi connectivity index (χ2v) is 7.34. The number of aldehydes is 1. The number of benzene rings is 1. The van der Waals surface area contributed by atoms with Crippen LogP contribution in [-0.2, 0) is 16.0 Å². The lowest BCUT2D eigenvalue weighted by Crippen LogP contribution is -2.35. The van der Waals surface area contributed by atoms with Crippen LogP contribution in [0.4, 0.5) is 10.1 Å². The van der Waals surface area contributed by atoms with Gasteiger partial charge >= 0.3 is 0 Å². The Kier molecular flexibility index (Phi) is 6.87. The van der Waals surface area contributed by atoms with Gasteiger partial charge in [0.25, 0.3) is 0 Å². The zero-order chi connectivity index (χ0) is 19.3. The Balaban J connectivity index is 2.47. The number of carbonyl (C=O) groups excluding carboxylic acids is 1. The number of anilines is 1. The molecule has 0 aliphatic heterocycles. The van der Waals surface area contributed by atoms with Gasteiger partial charge in [0, 0.05) is 11.5 Å². The van der Waals surface area contributed by atoms with Crippen molar-refractivity contribution in [2.75, 3.05) is 24.5 Å². The number of fused-ring (bicyclic) bond motifs is 1. The molecule has 1 aromatic heterocycles. The number of nitrogens with zero attached hydrogens (tertiary/aromatic N) is 2. The molecule has 1 unspecified atom stereocenters. The minimum Gasteiger partial charge on any atom is -0.506 e. The fourth-order valence-electron chi connectivity index (χ4n) is 2.32. The molecule has 9 heteroatoms. The lowest BCUT2D eigenvalue weighted by atomic mass is 10.1. The number of hydrogen-bond donors (Lipinski definition) is 2. The molecule has 2 rings (SSSR count). The highest BCUT2D eigenvalue weighted by Gasteiger charge is 2.24. The SMILES string of the molecule is CNS(=O)N(CC=O)c1c(O)cc2ccc(OCCC(C)C)nc2c1F. The molecule has 26 heavy (non-hydrogen) atoms. The van der Waals surface area contributed by atoms with Crippen molar-refractivity contribution in [1.82, 2.24) is 9.71 Å². The van der Waals surface area contributed by atoms with E-state index in [2.05, 4.69) is 23.6 Å². The van der Waals surface area contributed by atoms with Crippen molar-refractivity contribution in [3.8, 4) is 11.6 Å². The van der Waals surface area contributed by atoms with Crippen molar-refractivity contribution in [3.05, 3.63) is 24.0 Å². The zero-order valence-corrected chi connectivity index (χ0v) is 15.7. The highest BCUT2D eigenvalue weighted by molar-refractivity contribution is 7.84. The van der Waals surface area contributed by atoms with Crippen LogP contribution < -0.4 is 13.8 Å². The normalized spacial score (nSPS) is 12.3. The molecule has 1 aromatic carbocycles. The van der Waals surface area contributed by atoms with Crippen molar-refractivity contribution in [1.29, 1.82) is 0 Å². The number of rotatable bonds is 9. The molecular weight excluding hydrogens is 361 g/mol. The number of aromatic hydroxyl groups is 1. The predicted octanol–water partition coefficient (Wildman–Crippen LogP) is 2.31. The van der Waals surface area contributed by atoms with Gasteiger partial charge in [-0.2, -0.15) is 0 Å². The average molecular weight is 383 g/mol. The lowest BCUT2D eigenvalue weighted by Gasteiger charge is -2.22. The highest BCUT2D eigenvalue weighted by atomic mass is 32.2. The maximum Gasteiger partial charge on any atom is 0.213 e. The maximum atomic E-state index is 15.0. The van der Waals surface area contributed by atoms with Gasteiger partial charge in [0.15, 0.2) is 17.0 Å². The van der Waals surface area contributed by atoms with Gasteiger partial charge < -0.3 is 14.6 Å². The summed E-state index contributed by atoms with van der Waals surface area (Å²) in [6.45, 7) is 4.21. The summed E-state index contributed by atoms with van der Waals surface area (Å²) in [5.41, 5.74) is -0.395. The number of nitrogens with one attached hydrogen (secondary N) is 1. The summed E-state index contributed by atoms with van der Waals surface area (Å²) in [6, 6.07) is 4.48. The Morgan fingerprint density at radius 2 is 2.19 bits per heavy atom. The minimum absolute atomic E-state index is 0.0381. The van der Waals surface area contributed by atoms with E-state index in [0.717, 1.165) is 10.7 Å². The molecule has 0 bridgehead atoms. The van der Waals surface area contributed by atoms with Crippen LogP contribution in [0.3, 0.4) is 0 Å². The van der Waals surface area contributed by atoms with E-state index >= 15 is 4.39 Å². The highest BCUT2D eigenvalue weighted by Crippen LogP contribution is 2.36. The molecule has 0 amide bonds. The molecule has 0 spiro atoms. The molecule has 0 saturated carbocycles. The molecular formula is C17H22FN3O4S. The van der Waals surface area contributed by atoms with Crippen LogP contribution in [0.15, 0.2) is 18.2 Å². The fraction of sp³-hybridized carbons (Fsp3) is 0.412. The molecule has 1 heterocycles. The Hall–Kier alpha value is -2.26. The van der Waals surface area contributed by atoms with Crippen LogP contribution in [0.2, 0.25) is 0 Å². The first-order chi connectivity index (χ1) is 12.4. The summed E-state index contributed by atoms with van der Waals surface area (Å²) in [7, 11) is 1.39. The van der Waals surface area contributed by atoms with Crippen LogP contribution in [0.1, 0.15) is 20.3 Å². The van der Waals surface area contributed by atoms with Crippen LogP contribution in [0, 0.1) is 11.7 Å². The number of phenolic OH excluding ortho intramolecular Hbond substituents is 1. The lowest BCUT2D eigenvalue weighted by molar-refractivity contribution is -0.106. The molecule has 2 aromatic rings. The van der Waals surface area contributed by atoms with Gasteiger partial charge in [0.1, 0.15) is 23.2 Å². The first kappa shape index (κ1) is 20.1. The largest absolute Gasteiger partial charge is 0.506 e. The Bertz CT molecular complexity index is 816. The van der Waals surface area contributed by atoms with Crippen molar-refractivity contribution >= 4 is 34.0 Å². The van der Waals surface area contributed by atoms with E-state index in [9.17, 15) is 14.1 Å².